The first-order chi connectivity index (χ1) is 14.2. The number of carbonyl (C=O) groups excluding carboxylic acids is 2. The number of nitrogen functional groups attached to an aromatic ring is 1. The molecule has 7 nitrogen and oxygen atoms in total. The number of amidine groups is 1. The van der Waals surface area contributed by atoms with E-state index in [2.05, 4.69) is 9.71 Å². The third kappa shape index (κ3) is 3.02. The predicted molar refractivity (Wildman–Crippen MR) is 115 cm³/mol. The molecule has 0 spiro atoms. The molecule has 0 saturated heterocycles. The summed E-state index contributed by atoms with van der Waals surface area (Å²) in [6.45, 7) is 3.86. The first kappa shape index (κ1) is 20.3. The fourth-order valence-corrected chi connectivity index (χ4v) is 5.45. The Hall–Kier alpha value is -3.00. The van der Waals surface area contributed by atoms with E-state index in [4.69, 9.17) is 5.73 Å². The summed E-state index contributed by atoms with van der Waals surface area (Å²) in [5.74, 6) is -2.23. The summed E-state index contributed by atoms with van der Waals surface area (Å²) in [4.78, 5) is 26.9. The molecular weight excluding hydrogens is 402 g/mol. The van der Waals surface area contributed by atoms with Crippen molar-refractivity contribution in [2.24, 2.45) is 10.3 Å². The van der Waals surface area contributed by atoms with Gasteiger partial charge in [0.2, 0.25) is 0 Å². The van der Waals surface area contributed by atoms with Crippen molar-refractivity contribution < 1.29 is 18.0 Å². The first-order valence-electron chi connectivity index (χ1n) is 9.88. The van der Waals surface area contributed by atoms with Gasteiger partial charge in [-0.1, -0.05) is 44.0 Å². The van der Waals surface area contributed by atoms with Crippen molar-refractivity contribution in [3.8, 4) is 0 Å². The molecule has 0 radical (unpaired) electrons. The maximum atomic E-state index is 13.6. The minimum Gasteiger partial charge on any atom is -0.399 e. The largest absolute Gasteiger partial charge is 0.399 e. The van der Waals surface area contributed by atoms with Crippen LogP contribution >= 0.6 is 0 Å². The molecule has 30 heavy (non-hydrogen) atoms. The number of carbonyl (C=O) groups is 2. The van der Waals surface area contributed by atoms with E-state index in [0.29, 0.717) is 17.5 Å². The smallest absolute Gasteiger partial charge is 0.286 e. The summed E-state index contributed by atoms with van der Waals surface area (Å²) < 4.78 is 29.4. The standard InChI is InChI=1S/C22H23N3O4S/c1-3-4-11-22(2)15-8-6-5-7-14(15)19(26)18(20(22)27)21-24-16-10-9-13(23)12-17(16)30(28,29)25-21/h5-10,12,18H,3-4,11,23H2,1-2H3,(H,24,25). The molecule has 2 unspecified atom stereocenters. The minimum absolute atomic E-state index is 0.0731. The number of sulfonamides is 1. The molecule has 2 aromatic rings. The number of benzene rings is 2. The number of fused-ring (bicyclic) bond motifs is 2. The maximum Gasteiger partial charge on any atom is 0.286 e. The number of hydrogen-bond acceptors (Lipinski definition) is 6. The normalized spacial score (nSPS) is 24.5. The molecular formula is C22H23N3O4S. The van der Waals surface area contributed by atoms with E-state index in [9.17, 15) is 18.0 Å². The van der Waals surface area contributed by atoms with Gasteiger partial charge < -0.3 is 11.1 Å². The van der Waals surface area contributed by atoms with E-state index >= 15 is 0 Å². The first-order valence-corrected chi connectivity index (χ1v) is 11.3. The Balaban J connectivity index is 1.86. The molecule has 1 aliphatic heterocycles. The lowest BCUT2D eigenvalue weighted by Crippen LogP contribution is -2.51. The maximum absolute atomic E-state index is 13.6. The van der Waals surface area contributed by atoms with Crippen LogP contribution in [0.3, 0.4) is 0 Å². The average Bonchev–Trinajstić information content (AvgIpc) is 2.71. The number of hydrogen-bond donors (Lipinski definition) is 2. The molecule has 2 atom stereocenters. The van der Waals surface area contributed by atoms with Crippen LogP contribution < -0.4 is 11.1 Å². The van der Waals surface area contributed by atoms with Crippen molar-refractivity contribution in [2.45, 2.75) is 43.4 Å². The Morgan fingerprint density at radius 1 is 1.17 bits per heavy atom. The van der Waals surface area contributed by atoms with Crippen LogP contribution in [0, 0.1) is 5.92 Å². The molecule has 0 bridgehead atoms. The Morgan fingerprint density at radius 2 is 1.90 bits per heavy atom. The highest BCUT2D eigenvalue weighted by Crippen LogP contribution is 2.42. The summed E-state index contributed by atoms with van der Waals surface area (Å²) >= 11 is 0. The zero-order valence-corrected chi connectivity index (χ0v) is 17.6. The van der Waals surface area contributed by atoms with Gasteiger partial charge in [0.05, 0.1) is 11.1 Å². The fraction of sp³-hybridized carbons (Fsp3) is 0.318. The molecule has 4 rings (SSSR count). The summed E-state index contributed by atoms with van der Waals surface area (Å²) in [5, 5.41) is 2.91. The SMILES string of the molecule is CCCCC1(C)C(=O)C(C2=NS(=O)(=O)c3cc(N)ccc3N2)C(=O)c2ccccc21. The van der Waals surface area contributed by atoms with Gasteiger partial charge in [-0.2, -0.15) is 8.42 Å². The minimum atomic E-state index is -4.10. The highest BCUT2D eigenvalue weighted by Gasteiger charge is 2.51. The van der Waals surface area contributed by atoms with Gasteiger partial charge in [0.25, 0.3) is 10.0 Å². The Bertz CT molecular complexity index is 1200. The quantitative estimate of drug-likeness (QED) is 0.573. The van der Waals surface area contributed by atoms with Gasteiger partial charge in [-0.25, -0.2) is 0 Å². The van der Waals surface area contributed by atoms with Gasteiger partial charge in [0, 0.05) is 11.3 Å². The number of anilines is 2. The zero-order chi connectivity index (χ0) is 21.7. The number of nitrogens with one attached hydrogen (secondary N) is 1. The number of Topliss-reactive ketones (excluding diaryl/α,β-unsaturated/α-hetero) is 2. The van der Waals surface area contributed by atoms with Crippen LogP contribution in [-0.4, -0.2) is 25.8 Å². The van der Waals surface area contributed by atoms with Crippen molar-refractivity contribution in [1.29, 1.82) is 0 Å². The second-order valence-corrected chi connectivity index (χ2v) is 9.55. The van der Waals surface area contributed by atoms with E-state index in [-0.39, 0.29) is 27.9 Å². The van der Waals surface area contributed by atoms with Gasteiger partial charge in [-0.3, -0.25) is 9.59 Å². The van der Waals surface area contributed by atoms with Crippen LogP contribution in [0.15, 0.2) is 51.8 Å². The molecule has 2 aliphatic rings. The number of nitrogens with two attached hydrogens (primary N) is 1. The van der Waals surface area contributed by atoms with Gasteiger partial charge in [-0.05, 0) is 37.1 Å². The summed E-state index contributed by atoms with van der Waals surface area (Å²) in [6, 6.07) is 11.4. The molecule has 1 heterocycles. The third-order valence-corrected chi connectivity index (χ3v) is 7.25. The van der Waals surface area contributed by atoms with Crippen molar-refractivity contribution in [3.05, 3.63) is 53.6 Å². The van der Waals surface area contributed by atoms with Gasteiger partial charge in [0.15, 0.2) is 11.6 Å². The summed E-state index contributed by atoms with van der Waals surface area (Å²) in [5.41, 5.74) is 6.47. The van der Waals surface area contributed by atoms with Crippen molar-refractivity contribution in [3.63, 3.8) is 0 Å². The van der Waals surface area contributed by atoms with Crippen LogP contribution in [-0.2, 0) is 20.2 Å². The number of nitrogens with zero attached hydrogens (tertiary/aromatic N) is 1. The van der Waals surface area contributed by atoms with E-state index in [1.807, 2.05) is 26.0 Å². The van der Waals surface area contributed by atoms with Crippen LogP contribution in [0.2, 0.25) is 0 Å². The molecule has 8 heteroatoms. The van der Waals surface area contributed by atoms with Crippen LogP contribution in [0.5, 0.6) is 0 Å². The van der Waals surface area contributed by atoms with Crippen LogP contribution in [0.4, 0.5) is 11.4 Å². The van der Waals surface area contributed by atoms with E-state index in [1.165, 1.54) is 12.1 Å². The number of ketones is 2. The molecule has 1 aliphatic carbocycles. The highest BCUT2D eigenvalue weighted by atomic mass is 32.2. The van der Waals surface area contributed by atoms with Crippen molar-refractivity contribution >= 4 is 38.8 Å². The predicted octanol–water partition coefficient (Wildman–Crippen LogP) is 3.31. The second kappa shape index (κ2) is 7.05. The molecule has 0 saturated carbocycles. The third-order valence-electron chi connectivity index (χ3n) is 5.92. The topological polar surface area (TPSA) is 119 Å². The van der Waals surface area contributed by atoms with E-state index < -0.39 is 27.1 Å². The summed E-state index contributed by atoms with van der Waals surface area (Å²) in [6.07, 6.45) is 2.26. The van der Waals surface area contributed by atoms with Crippen LogP contribution in [0.1, 0.15) is 49.0 Å². The van der Waals surface area contributed by atoms with Gasteiger partial charge in [-0.15, -0.1) is 4.40 Å². The Kier molecular flexibility index (Phi) is 4.77. The van der Waals surface area contributed by atoms with Gasteiger partial charge >= 0.3 is 0 Å². The van der Waals surface area contributed by atoms with Gasteiger partial charge in [0.1, 0.15) is 16.6 Å². The fourth-order valence-electron chi connectivity index (χ4n) is 4.26. The van der Waals surface area contributed by atoms with E-state index in [0.717, 1.165) is 12.8 Å². The lowest BCUT2D eigenvalue weighted by molar-refractivity contribution is -0.125. The monoisotopic (exact) mass is 425 g/mol. The highest BCUT2D eigenvalue weighted by molar-refractivity contribution is 7.90. The number of unbranched alkanes of at least 4 members (excludes halogenated alkanes) is 1. The molecule has 0 aromatic heterocycles. The second-order valence-electron chi connectivity index (χ2n) is 7.97. The lowest BCUT2D eigenvalue weighted by Gasteiger charge is -2.38. The van der Waals surface area contributed by atoms with Crippen LogP contribution in [0.25, 0.3) is 0 Å². The Morgan fingerprint density at radius 3 is 2.63 bits per heavy atom. The average molecular weight is 426 g/mol. The molecule has 0 amide bonds. The lowest BCUT2D eigenvalue weighted by atomic mass is 9.63. The van der Waals surface area contributed by atoms with Crippen molar-refractivity contribution in [1.82, 2.24) is 0 Å². The molecule has 3 N–H and O–H groups in total. The molecule has 156 valence electrons. The number of rotatable bonds is 4. The zero-order valence-electron chi connectivity index (χ0n) is 16.8. The van der Waals surface area contributed by atoms with E-state index in [1.54, 1.807) is 18.2 Å². The Labute approximate surface area is 175 Å². The molecule has 2 aromatic carbocycles. The van der Waals surface area contributed by atoms with Crippen molar-refractivity contribution in [2.75, 3.05) is 11.1 Å². The summed E-state index contributed by atoms with van der Waals surface area (Å²) in [7, 11) is -4.10. The molecule has 0 fully saturated rings.